The van der Waals surface area contributed by atoms with Gasteiger partial charge in [-0.25, -0.2) is 0 Å². The minimum Gasteiger partial charge on any atom is -0.465 e. The Morgan fingerprint density at radius 3 is 2.60 bits per heavy atom. The average Bonchev–Trinajstić information content (AvgIpc) is 2.69. The molecule has 0 aromatic heterocycles. The Kier molecular flexibility index (Phi) is 5.05. The third kappa shape index (κ3) is 3.18. The van der Waals surface area contributed by atoms with E-state index in [-0.39, 0.29) is 5.97 Å². The first kappa shape index (κ1) is 12.5. The molecule has 4 nitrogen and oxygen atoms in total. The molecule has 1 fully saturated rings. The lowest BCUT2D eigenvalue weighted by atomic mass is 9.98. The average molecular weight is 215 g/mol. The molecule has 0 unspecified atom stereocenters. The van der Waals surface area contributed by atoms with Gasteiger partial charge in [-0.05, 0) is 19.8 Å². The van der Waals surface area contributed by atoms with Gasteiger partial charge in [-0.3, -0.25) is 10.1 Å². The summed E-state index contributed by atoms with van der Waals surface area (Å²) in [6.07, 6.45) is 3.96. The lowest BCUT2D eigenvalue weighted by Crippen LogP contribution is -2.51. The lowest BCUT2D eigenvalue weighted by molar-refractivity contribution is -0.151. The van der Waals surface area contributed by atoms with Crippen LogP contribution in [-0.2, 0) is 14.3 Å². The number of esters is 1. The molecule has 0 aromatic rings. The summed E-state index contributed by atoms with van der Waals surface area (Å²) in [6, 6.07) is 0. The van der Waals surface area contributed by atoms with E-state index >= 15 is 0 Å². The number of hydrogen-bond acceptors (Lipinski definition) is 4. The predicted molar refractivity (Wildman–Crippen MR) is 57.7 cm³/mol. The van der Waals surface area contributed by atoms with Gasteiger partial charge >= 0.3 is 5.97 Å². The second-order valence-electron chi connectivity index (χ2n) is 3.93. The van der Waals surface area contributed by atoms with Gasteiger partial charge in [0.25, 0.3) is 0 Å². The summed E-state index contributed by atoms with van der Waals surface area (Å²) < 4.78 is 10.1. The number of carbonyl (C=O) groups is 1. The molecule has 0 amide bonds. The number of ether oxygens (including phenoxy) is 2. The summed E-state index contributed by atoms with van der Waals surface area (Å²) in [7, 11) is 1.66. The van der Waals surface area contributed by atoms with Crippen molar-refractivity contribution in [2.75, 3.05) is 26.9 Å². The van der Waals surface area contributed by atoms with Gasteiger partial charge in [0.15, 0.2) is 0 Å². The van der Waals surface area contributed by atoms with E-state index in [0.717, 1.165) is 25.7 Å². The zero-order valence-corrected chi connectivity index (χ0v) is 9.67. The fourth-order valence-corrected chi connectivity index (χ4v) is 2.09. The molecule has 0 aromatic carbocycles. The van der Waals surface area contributed by atoms with E-state index in [2.05, 4.69) is 5.32 Å². The molecular weight excluding hydrogens is 194 g/mol. The standard InChI is InChI=1S/C11H21NO3/c1-3-15-10(13)11(6-4-5-7-11)12-8-9-14-2/h12H,3-9H2,1-2H3. The molecule has 0 saturated heterocycles. The minimum atomic E-state index is -0.436. The monoisotopic (exact) mass is 215 g/mol. The summed E-state index contributed by atoms with van der Waals surface area (Å²) >= 11 is 0. The van der Waals surface area contributed by atoms with E-state index < -0.39 is 5.54 Å². The van der Waals surface area contributed by atoms with Crippen molar-refractivity contribution in [3.8, 4) is 0 Å². The van der Waals surface area contributed by atoms with Gasteiger partial charge in [-0.15, -0.1) is 0 Å². The van der Waals surface area contributed by atoms with Crippen molar-refractivity contribution in [3.63, 3.8) is 0 Å². The molecule has 1 N–H and O–H groups in total. The van der Waals surface area contributed by atoms with Crippen LogP contribution in [0.15, 0.2) is 0 Å². The Hall–Kier alpha value is -0.610. The summed E-state index contributed by atoms with van der Waals surface area (Å²) in [5.74, 6) is -0.0985. The van der Waals surface area contributed by atoms with Crippen LogP contribution in [0.1, 0.15) is 32.6 Å². The molecule has 4 heteroatoms. The highest BCUT2D eigenvalue weighted by Gasteiger charge is 2.41. The Labute approximate surface area is 91.3 Å². The normalized spacial score (nSPS) is 19.1. The highest BCUT2D eigenvalue weighted by atomic mass is 16.5. The second-order valence-corrected chi connectivity index (χ2v) is 3.93. The predicted octanol–water partition coefficient (Wildman–Crippen LogP) is 1.10. The van der Waals surface area contributed by atoms with Crippen molar-refractivity contribution in [2.24, 2.45) is 0 Å². The van der Waals surface area contributed by atoms with Crippen LogP contribution in [0.5, 0.6) is 0 Å². The van der Waals surface area contributed by atoms with E-state index in [1.165, 1.54) is 0 Å². The van der Waals surface area contributed by atoms with E-state index in [1.807, 2.05) is 6.92 Å². The van der Waals surface area contributed by atoms with Crippen LogP contribution in [0.4, 0.5) is 0 Å². The third-order valence-corrected chi connectivity index (χ3v) is 2.89. The largest absolute Gasteiger partial charge is 0.465 e. The molecule has 1 aliphatic rings. The second kappa shape index (κ2) is 6.08. The summed E-state index contributed by atoms with van der Waals surface area (Å²) in [5, 5.41) is 3.28. The topological polar surface area (TPSA) is 47.6 Å². The number of carbonyl (C=O) groups excluding carboxylic acids is 1. The molecule has 1 rings (SSSR count). The summed E-state index contributed by atoms with van der Waals surface area (Å²) in [5.41, 5.74) is -0.436. The molecule has 15 heavy (non-hydrogen) atoms. The van der Waals surface area contributed by atoms with Crippen molar-refractivity contribution < 1.29 is 14.3 Å². The quantitative estimate of drug-likeness (QED) is 0.532. The maximum absolute atomic E-state index is 11.8. The first-order valence-corrected chi connectivity index (χ1v) is 5.66. The number of nitrogens with one attached hydrogen (secondary N) is 1. The van der Waals surface area contributed by atoms with Gasteiger partial charge in [-0.1, -0.05) is 12.8 Å². The number of methoxy groups -OCH3 is 1. The summed E-state index contributed by atoms with van der Waals surface area (Å²) in [4.78, 5) is 11.8. The first-order chi connectivity index (χ1) is 7.25. The molecule has 0 heterocycles. The molecule has 1 aliphatic carbocycles. The maximum Gasteiger partial charge on any atom is 0.326 e. The zero-order valence-electron chi connectivity index (χ0n) is 9.67. The highest BCUT2D eigenvalue weighted by Crippen LogP contribution is 2.30. The molecule has 0 bridgehead atoms. The van der Waals surface area contributed by atoms with Crippen LogP contribution in [0, 0.1) is 0 Å². The van der Waals surface area contributed by atoms with Gasteiger partial charge < -0.3 is 9.47 Å². The molecule has 0 atom stereocenters. The summed E-state index contributed by atoms with van der Waals surface area (Å²) in [6.45, 7) is 3.62. The zero-order chi connectivity index (χ0) is 11.1. The van der Waals surface area contributed by atoms with Crippen LogP contribution in [0.25, 0.3) is 0 Å². The smallest absolute Gasteiger partial charge is 0.326 e. The Morgan fingerprint density at radius 2 is 2.07 bits per heavy atom. The van der Waals surface area contributed by atoms with Gasteiger partial charge in [-0.2, -0.15) is 0 Å². The van der Waals surface area contributed by atoms with Crippen LogP contribution in [0.3, 0.4) is 0 Å². The van der Waals surface area contributed by atoms with E-state index in [1.54, 1.807) is 7.11 Å². The van der Waals surface area contributed by atoms with E-state index in [0.29, 0.717) is 19.8 Å². The van der Waals surface area contributed by atoms with E-state index in [9.17, 15) is 4.79 Å². The van der Waals surface area contributed by atoms with Crippen molar-refractivity contribution >= 4 is 5.97 Å². The first-order valence-electron chi connectivity index (χ1n) is 5.66. The fraction of sp³-hybridized carbons (Fsp3) is 0.909. The Morgan fingerprint density at radius 1 is 1.40 bits per heavy atom. The van der Waals surface area contributed by atoms with Gasteiger partial charge in [0.1, 0.15) is 5.54 Å². The molecule has 0 radical (unpaired) electrons. The number of hydrogen-bond donors (Lipinski definition) is 1. The maximum atomic E-state index is 11.8. The molecule has 1 saturated carbocycles. The van der Waals surface area contributed by atoms with Gasteiger partial charge in [0, 0.05) is 13.7 Å². The molecule has 88 valence electrons. The lowest BCUT2D eigenvalue weighted by Gasteiger charge is -2.27. The van der Waals surface area contributed by atoms with Crippen molar-refractivity contribution in [1.29, 1.82) is 0 Å². The molecule has 0 aliphatic heterocycles. The third-order valence-electron chi connectivity index (χ3n) is 2.89. The SMILES string of the molecule is CCOC(=O)C1(NCCOC)CCCC1. The van der Waals surface area contributed by atoms with Gasteiger partial charge in [0.2, 0.25) is 0 Å². The van der Waals surface area contributed by atoms with Crippen LogP contribution in [-0.4, -0.2) is 38.4 Å². The van der Waals surface area contributed by atoms with Crippen LogP contribution >= 0.6 is 0 Å². The Bertz CT molecular complexity index is 200. The van der Waals surface area contributed by atoms with Crippen LogP contribution in [0.2, 0.25) is 0 Å². The number of rotatable bonds is 6. The van der Waals surface area contributed by atoms with Gasteiger partial charge in [0.05, 0.1) is 13.2 Å². The van der Waals surface area contributed by atoms with Crippen molar-refractivity contribution in [3.05, 3.63) is 0 Å². The van der Waals surface area contributed by atoms with Crippen LogP contribution < -0.4 is 5.32 Å². The Balaban J connectivity index is 2.49. The van der Waals surface area contributed by atoms with Crippen molar-refractivity contribution in [2.45, 2.75) is 38.1 Å². The molecule has 0 spiro atoms. The molecular formula is C11H21NO3. The minimum absolute atomic E-state index is 0.0985. The van der Waals surface area contributed by atoms with E-state index in [4.69, 9.17) is 9.47 Å². The fourth-order valence-electron chi connectivity index (χ4n) is 2.09. The highest BCUT2D eigenvalue weighted by molar-refractivity contribution is 5.81. The van der Waals surface area contributed by atoms with Crippen molar-refractivity contribution in [1.82, 2.24) is 5.32 Å².